The predicted molar refractivity (Wildman–Crippen MR) is 126 cm³/mol. The minimum absolute atomic E-state index is 0.00272. The van der Waals surface area contributed by atoms with Crippen LogP contribution in [0.5, 0.6) is 0 Å². The lowest BCUT2D eigenvalue weighted by Gasteiger charge is -2.36. The lowest BCUT2D eigenvalue weighted by atomic mass is 9.75. The molecule has 0 unspecified atom stereocenters. The van der Waals surface area contributed by atoms with Gasteiger partial charge in [0.05, 0.1) is 17.9 Å². The molecule has 1 amide bonds. The minimum Gasteiger partial charge on any atom is -0.462 e. The van der Waals surface area contributed by atoms with Crippen molar-refractivity contribution in [3.05, 3.63) is 52.3 Å². The van der Waals surface area contributed by atoms with E-state index in [0.29, 0.717) is 49.5 Å². The first-order chi connectivity index (χ1) is 16.3. The van der Waals surface area contributed by atoms with Gasteiger partial charge in [-0.2, -0.15) is 5.10 Å². The van der Waals surface area contributed by atoms with Crippen molar-refractivity contribution >= 4 is 17.7 Å². The molecule has 2 aromatic rings. The molecule has 1 saturated heterocycles. The maximum atomic E-state index is 13.0. The maximum absolute atomic E-state index is 13.0. The third-order valence-corrected chi connectivity index (χ3v) is 6.95. The summed E-state index contributed by atoms with van der Waals surface area (Å²) < 4.78 is 12.9. The van der Waals surface area contributed by atoms with Crippen molar-refractivity contribution in [2.45, 2.75) is 53.0 Å². The number of amides is 1. The Balaban J connectivity index is 1.46. The Bertz CT molecular complexity index is 1070. The number of carbonyl (C=O) groups is 3. The third kappa shape index (κ3) is 5.06. The van der Waals surface area contributed by atoms with Gasteiger partial charge in [-0.25, -0.2) is 4.79 Å². The second-order valence-corrected chi connectivity index (χ2v) is 9.60. The summed E-state index contributed by atoms with van der Waals surface area (Å²) in [6.07, 6.45) is 3.25. The van der Waals surface area contributed by atoms with Crippen LogP contribution < -0.4 is 5.32 Å². The third-order valence-electron chi connectivity index (χ3n) is 6.95. The van der Waals surface area contributed by atoms with E-state index in [9.17, 15) is 14.4 Å². The van der Waals surface area contributed by atoms with E-state index in [0.717, 1.165) is 30.5 Å². The second kappa shape index (κ2) is 10.1. The van der Waals surface area contributed by atoms with Crippen LogP contribution in [0.15, 0.2) is 24.3 Å². The first-order valence-electron chi connectivity index (χ1n) is 12.0. The van der Waals surface area contributed by atoms with Crippen molar-refractivity contribution in [1.82, 2.24) is 15.1 Å². The first-order valence-corrected chi connectivity index (χ1v) is 12.0. The highest BCUT2D eigenvalue weighted by Gasteiger charge is 2.39. The number of aromatic nitrogens is 2. The van der Waals surface area contributed by atoms with Gasteiger partial charge >= 0.3 is 5.97 Å². The van der Waals surface area contributed by atoms with Gasteiger partial charge in [0.15, 0.2) is 5.78 Å². The molecule has 1 atom stereocenters. The number of nitrogens with zero attached hydrogens (tertiary/aromatic N) is 2. The van der Waals surface area contributed by atoms with Gasteiger partial charge in [0, 0.05) is 37.4 Å². The van der Waals surface area contributed by atoms with Gasteiger partial charge in [-0.1, -0.05) is 19.1 Å². The molecule has 2 aliphatic rings. The normalized spacial score (nSPS) is 18.0. The van der Waals surface area contributed by atoms with Crippen molar-refractivity contribution in [1.29, 1.82) is 0 Å². The van der Waals surface area contributed by atoms with E-state index in [-0.39, 0.29) is 29.6 Å². The smallest absolute Gasteiger partial charge is 0.338 e. The molecule has 3 heterocycles. The summed E-state index contributed by atoms with van der Waals surface area (Å²) >= 11 is 0. The fourth-order valence-electron chi connectivity index (χ4n) is 4.86. The molecule has 8 heteroatoms. The zero-order chi connectivity index (χ0) is 24.3. The standard InChI is InChI=1S/C26H33N3O5/c1-4-29-23-21(14-26(16-27-24(23)31)9-11-33-12-10-26)22(28-29)13-17(2)15-34-25(32)20-7-5-19(6-8-20)18(3)30/h5-8,17H,4,9-16H2,1-3H3,(H,27,31)/t17-/m1/s1. The summed E-state index contributed by atoms with van der Waals surface area (Å²) in [6.45, 7) is 8.43. The molecule has 4 rings (SSSR count). The van der Waals surface area contributed by atoms with Crippen molar-refractivity contribution in [2.24, 2.45) is 11.3 Å². The summed E-state index contributed by atoms with van der Waals surface area (Å²) in [7, 11) is 0. The van der Waals surface area contributed by atoms with E-state index in [1.807, 2.05) is 13.8 Å². The molecule has 34 heavy (non-hydrogen) atoms. The lowest BCUT2D eigenvalue weighted by molar-refractivity contribution is 0.0160. The molecule has 0 saturated carbocycles. The van der Waals surface area contributed by atoms with Crippen LogP contribution in [0, 0.1) is 11.3 Å². The molecule has 1 spiro atoms. The Morgan fingerprint density at radius 3 is 2.53 bits per heavy atom. The highest BCUT2D eigenvalue weighted by Crippen LogP contribution is 2.38. The van der Waals surface area contributed by atoms with E-state index >= 15 is 0 Å². The van der Waals surface area contributed by atoms with Gasteiger partial charge in [-0.05, 0) is 63.0 Å². The summed E-state index contributed by atoms with van der Waals surface area (Å²) in [5.41, 5.74) is 3.57. The number of ether oxygens (including phenoxy) is 2. The molecule has 8 nitrogen and oxygen atoms in total. The SMILES string of the molecule is CCn1nc(C[C@@H](C)COC(=O)c2ccc(C(C)=O)cc2)c2c1C(=O)NCC1(CCOCC1)C2. The number of hydrogen-bond donors (Lipinski definition) is 1. The van der Waals surface area contributed by atoms with Crippen LogP contribution in [0.4, 0.5) is 0 Å². The Morgan fingerprint density at radius 1 is 1.21 bits per heavy atom. The molecular formula is C26H33N3O5. The Hall–Kier alpha value is -3.00. The van der Waals surface area contributed by atoms with E-state index in [1.54, 1.807) is 28.9 Å². The topological polar surface area (TPSA) is 99.5 Å². The van der Waals surface area contributed by atoms with E-state index in [1.165, 1.54) is 6.92 Å². The van der Waals surface area contributed by atoms with Gasteiger partial charge < -0.3 is 14.8 Å². The number of Topliss-reactive ketones (excluding diaryl/α,β-unsaturated/α-hetero) is 1. The molecule has 0 radical (unpaired) electrons. The van der Waals surface area contributed by atoms with Gasteiger partial charge in [0.2, 0.25) is 0 Å². The van der Waals surface area contributed by atoms with Crippen LogP contribution in [0.25, 0.3) is 0 Å². The van der Waals surface area contributed by atoms with Gasteiger partial charge in [-0.15, -0.1) is 0 Å². The van der Waals surface area contributed by atoms with E-state index < -0.39 is 5.97 Å². The van der Waals surface area contributed by atoms with Crippen LogP contribution in [0.1, 0.15) is 76.1 Å². The zero-order valence-electron chi connectivity index (χ0n) is 20.2. The maximum Gasteiger partial charge on any atom is 0.338 e. The quantitative estimate of drug-likeness (QED) is 0.496. The highest BCUT2D eigenvalue weighted by atomic mass is 16.5. The monoisotopic (exact) mass is 467 g/mol. The number of ketones is 1. The number of hydrogen-bond acceptors (Lipinski definition) is 6. The second-order valence-electron chi connectivity index (χ2n) is 9.60. The summed E-state index contributed by atoms with van der Waals surface area (Å²) in [6, 6.07) is 6.48. The summed E-state index contributed by atoms with van der Waals surface area (Å²) in [5, 5.41) is 7.91. The fraction of sp³-hybridized carbons (Fsp3) is 0.538. The van der Waals surface area contributed by atoms with E-state index in [4.69, 9.17) is 14.6 Å². The molecule has 1 aromatic carbocycles. The Labute approximate surface area is 200 Å². The Kier molecular flexibility index (Phi) is 7.16. The van der Waals surface area contributed by atoms with Crippen LogP contribution >= 0.6 is 0 Å². The molecular weight excluding hydrogens is 434 g/mol. The number of aryl methyl sites for hydroxylation is 1. The van der Waals surface area contributed by atoms with Gasteiger partial charge in [0.25, 0.3) is 5.91 Å². The number of esters is 1. The van der Waals surface area contributed by atoms with Crippen molar-refractivity contribution in [3.8, 4) is 0 Å². The average Bonchev–Trinajstić information content (AvgIpc) is 3.11. The average molecular weight is 468 g/mol. The number of carbonyl (C=O) groups excluding carboxylic acids is 3. The van der Waals surface area contributed by atoms with Crippen LogP contribution in [0.3, 0.4) is 0 Å². The molecule has 2 aliphatic heterocycles. The van der Waals surface area contributed by atoms with Crippen molar-refractivity contribution < 1.29 is 23.9 Å². The number of benzene rings is 1. The number of nitrogens with one attached hydrogen (secondary N) is 1. The fourth-order valence-corrected chi connectivity index (χ4v) is 4.86. The Morgan fingerprint density at radius 2 is 1.88 bits per heavy atom. The molecule has 0 bridgehead atoms. The van der Waals surface area contributed by atoms with Crippen LogP contribution in [-0.4, -0.2) is 53.8 Å². The minimum atomic E-state index is -0.416. The summed E-state index contributed by atoms with van der Waals surface area (Å²) in [5.74, 6) is -0.496. The molecule has 1 aromatic heterocycles. The zero-order valence-corrected chi connectivity index (χ0v) is 20.2. The lowest BCUT2D eigenvalue weighted by Crippen LogP contribution is -2.40. The van der Waals surface area contributed by atoms with Crippen LogP contribution in [0.2, 0.25) is 0 Å². The predicted octanol–water partition coefficient (Wildman–Crippen LogP) is 3.22. The highest BCUT2D eigenvalue weighted by molar-refractivity contribution is 5.96. The molecule has 1 fully saturated rings. The molecule has 182 valence electrons. The first kappa shape index (κ1) is 24.1. The number of fused-ring (bicyclic) bond motifs is 1. The van der Waals surface area contributed by atoms with Gasteiger partial charge in [-0.3, -0.25) is 14.3 Å². The van der Waals surface area contributed by atoms with E-state index in [2.05, 4.69) is 5.32 Å². The van der Waals surface area contributed by atoms with Gasteiger partial charge in [0.1, 0.15) is 5.69 Å². The number of rotatable bonds is 7. The molecule has 1 N–H and O–H groups in total. The largest absolute Gasteiger partial charge is 0.462 e. The summed E-state index contributed by atoms with van der Waals surface area (Å²) in [4.78, 5) is 36.8. The molecule has 0 aliphatic carbocycles. The van der Waals surface area contributed by atoms with Crippen molar-refractivity contribution in [2.75, 3.05) is 26.4 Å². The van der Waals surface area contributed by atoms with Crippen LogP contribution in [-0.2, 0) is 28.9 Å². The van der Waals surface area contributed by atoms with Crippen molar-refractivity contribution in [3.63, 3.8) is 0 Å².